The summed E-state index contributed by atoms with van der Waals surface area (Å²) in [5.41, 5.74) is 1.65. The molecule has 2 N–H and O–H groups in total. The van der Waals surface area contributed by atoms with Gasteiger partial charge >= 0.3 is 0 Å². The van der Waals surface area contributed by atoms with E-state index in [4.69, 9.17) is 0 Å². The van der Waals surface area contributed by atoms with Gasteiger partial charge in [0, 0.05) is 29.4 Å². The Morgan fingerprint density at radius 1 is 1.47 bits per heavy atom. The third-order valence-corrected chi connectivity index (χ3v) is 3.11. The molecular formula is C14H17NO2. The topological polar surface area (TPSA) is 49.3 Å². The average Bonchev–Trinajstić information content (AvgIpc) is 2.31. The van der Waals surface area contributed by atoms with Crippen LogP contribution in [0.3, 0.4) is 0 Å². The molecule has 1 atom stereocenters. The monoisotopic (exact) mass is 231 g/mol. The SMILES string of the molecule is C[C@H]1CCC/C(=C/Nc2cccc(O)c2)C1=O. The molecule has 3 nitrogen and oxygen atoms in total. The van der Waals surface area contributed by atoms with Crippen LogP contribution in [0, 0.1) is 5.92 Å². The molecule has 90 valence electrons. The Balaban J connectivity index is 2.07. The lowest BCUT2D eigenvalue weighted by molar-refractivity contribution is -0.119. The third kappa shape index (κ3) is 2.87. The Morgan fingerprint density at radius 2 is 2.29 bits per heavy atom. The van der Waals surface area contributed by atoms with Crippen molar-refractivity contribution in [2.45, 2.75) is 26.2 Å². The predicted octanol–water partition coefficient (Wildman–Crippen LogP) is 3.08. The molecule has 0 heterocycles. The van der Waals surface area contributed by atoms with Gasteiger partial charge in [0.2, 0.25) is 0 Å². The van der Waals surface area contributed by atoms with Crippen LogP contribution < -0.4 is 5.32 Å². The van der Waals surface area contributed by atoms with Gasteiger partial charge in [-0.15, -0.1) is 0 Å². The van der Waals surface area contributed by atoms with Crippen LogP contribution in [-0.2, 0) is 4.79 Å². The standard InChI is InChI=1S/C14H17NO2/c1-10-4-2-5-11(14(10)17)9-15-12-6-3-7-13(16)8-12/h3,6-10,15-16H,2,4-5H2,1H3/b11-9-/t10-/m0/s1. The van der Waals surface area contributed by atoms with E-state index < -0.39 is 0 Å². The summed E-state index contributed by atoms with van der Waals surface area (Å²) in [6.07, 6.45) is 4.67. The van der Waals surface area contributed by atoms with Crippen molar-refractivity contribution in [1.82, 2.24) is 0 Å². The molecule has 0 aromatic heterocycles. The van der Waals surface area contributed by atoms with E-state index in [2.05, 4.69) is 5.32 Å². The Hall–Kier alpha value is -1.77. The molecule has 0 saturated heterocycles. The Labute approximate surface area is 101 Å². The molecule has 1 aliphatic rings. The maximum atomic E-state index is 11.9. The predicted molar refractivity (Wildman–Crippen MR) is 67.8 cm³/mol. The van der Waals surface area contributed by atoms with E-state index in [1.807, 2.05) is 13.0 Å². The number of rotatable bonds is 2. The Kier molecular flexibility index (Phi) is 3.47. The molecule has 3 heteroatoms. The van der Waals surface area contributed by atoms with Gasteiger partial charge in [0.25, 0.3) is 0 Å². The molecule has 2 rings (SSSR count). The zero-order chi connectivity index (χ0) is 12.3. The van der Waals surface area contributed by atoms with Crippen molar-refractivity contribution < 1.29 is 9.90 Å². The van der Waals surface area contributed by atoms with Crippen molar-refractivity contribution in [3.63, 3.8) is 0 Å². The minimum atomic E-state index is 0.140. The molecule has 0 unspecified atom stereocenters. The number of benzene rings is 1. The lowest BCUT2D eigenvalue weighted by Gasteiger charge is -2.19. The third-order valence-electron chi connectivity index (χ3n) is 3.11. The molecule has 17 heavy (non-hydrogen) atoms. The fourth-order valence-electron chi connectivity index (χ4n) is 2.08. The van der Waals surface area contributed by atoms with Crippen molar-refractivity contribution in [2.24, 2.45) is 5.92 Å². The number of Topliss-reactive ketones (excluding diaryl/α,β-unsaturated/α-hetero) is 1. The second kappa shape index (κ2) is 5.04. The van der Waals surface area contributed by atoms with E-state index in [1.54, 1.807) is 24.4 Å². The number of ketones is 1. The van der Waals surface area contributed by atoms with Crippen molar-refractivity contribution in [3.8, 4) is 5.75 Å². The average molecular weight is 231 g/mol. The first-order chi connectivity index (χ1) is 8.16. The first kappa shape index (κ1) is 11.7. The van der Waals surface area contributed by atoms with Gasteiger partial charge in [-0.05, 0) is 31.4 Å². The number of nitrogens with one attached hydrogen (secondary N) is 1. The lowest BCUT2D eigenvalue weighted by Crippen LogP contribution is -2.19. The van der Waals surface area contributed by atoms with Gasteiger partial charge in [0.1, 0.15) is 5.75 Å². The number of hydrogen-bond donors (Lipinski definition) is 2. The molecule has 0 bridgehead atoms. The number of aromatic hydroxyl groups is 1. The van der Waals surface area contributed by atoms with Crippen molar-refractivity contribution in [1.29, 1.82) is 0 Å². The molecule has 1 saturated carbocycles. The summed E-state index contributed by atoms with van der Waals surface area (Å²) in [5.74, 6) is 0.599. The van der Waals surface area contributed by atoms with Crippen LogP contribution in [0.15, 0.2) is 36.0 Å². The second-order valence-corrected chi connectivity index (χ2v) is 4.52. The van der Waals surface area contributed by atoms with E-state index in [-0.39, 0.29) is 17.5 Å². The van der Waals surface area contributed by atoms with Crippen LogP contribution in [0.25, 0.3) is 0 Å². The van der Waals surface area contributed by atoms with E-state index in [1.165, 1.54) is 0 Å². The van der Waals surface area contributed by atoms with Crippen LogP contribution >= 0.6 is 0 Å². The van der Waals surface area contributed by atoms with Crippen LogP contribution in [0.1, 0.15) is 26.2 Å². The fourth-order valence-corrected chi connectivity index (χ4v) is 2.08. The van der Waals surface area contributed by atoms with Gasteiger partial charge in [0.15, 0.2) is 5.78 Å². The van der Waals surface area contributed by atoms with Crippen LogP contribution in [0.2, 0.25) is 0 Å². The fraction of sp³-hybridized carbons (Fsp3) is 0.357. The van der Waals surface area contributed by atoms with Crippen LogP contribution in [0.5, 0.6) is 5.75 Å². The van der Waals surface area contributed by atoms with Crippen molar-refractivity contribution in [3.05, 3.63) is 36.0 Å². The molecular weight excluding hydrogens is 214 g/mol. The molecule has 0 aliphatic heterocycles. The van der Waals surface area contributed by atoms with Gasteiger partial charge in [-0.2, -0.15) is 0 Å². The van der Waals surface area contributed by atoms with Crippen LogP contribution in [-0.4, -0.2) is 10.9 Å². The summed E-state index contributed by atoms with van der Waals surface area (Å²) in [7, 11) is 0. The summed E-state index contributed by atoms with van der Waals surface area (Å²) in [4.78, 5) is 11.9. The number of allylic oxidation sites excluding steroid dienone is 1. The summed E-state index contributed by atoms with van der Waals surface area (Å²) in [6, 6.07) is 6.87. The number of phenolic OH excluding ortho intramolecular Hbond substituents is 1. The van der Waals surface area contributed by atoms with Gasteiger partial charge in [-0.25, -0.2) is 0 Å². The number of anilines is 1. The summed E-state index contributed by atoms with van der Waals surface area (Å²) in [5, 5.41) is 12.4. The minimum Gasteiger partial charge on any atom is -0.508 e. The Bertz CT molecular complexity index is 451. The van der Waals surface area contributed by atoms with Gasteiger partial charge in [-0.1, -0.05) is 13.0 Å². The van der Waals surface area contributed by atoms with E-state index in [0.717, 1.165) is 30.5 Å². The molecule has 1 fully saturated rings. The minimum absolute atomic E-state index is 0.140. The van der Waals surface area contributed by atoms with Gasteiger partial charge in [-0.3, -0.25) is 4.79 Å². The molecule has 0 radical (unpaired) electrons. The molecule has 1 aliphatic carbocycles. The lowest BCUT2D eigenvalue weighted by atomic mass is 9.86. The smallest absolute Gasteiger partial charge is 0.163 e. The molecule has 1 aromatic rings. The van der Waals surface area contributed by atoms with Crippen molar-refractivity contribution in [2.75, 3.05) is 5.32 Å². The first-order valence-electron chi connectivity index (χ1n) is 5.95. The molecule has 1 aromatic carbocycles. The zero-order valence-electron chi connectivity index (χ0n) is 9.94. The Morgan fingerprint density at radius 3 is 3.06 bits per heavy atom. The number of phenols is 1. The highest BCUT2D eigenvalue weighted by Crippen LogP contribution is 2.25. The normalized spacial score (nSPS) is 22.8. The number of carbonyl (C=O) groups is 1. The second-order valence-electron chi connectivity index (χ2n) is 4.52. The highest BCUT2D eigenvalue weighted by atomic mass is 16.3. The summed E-state index contributed by atoms with van der Waals surface area (Å²) >= 11 is 0. The van der Waals surface area contributed by atoms with Crippen molar-refractivity contribution >= 4 is 11.5 Å². The van der Waals surface area contributed by atoms with Gasteiger partial charge < -0.3 is 10.4 Å². The maximum absolute atomic E-state index is 11.9. The summed E-state index contributed by atoms with van der Waals surface area (Å²) in [6.45, 7) is 1.98. The van der Waals surface area contributed by atoms with E-state index in [9.17, 15) is 9.90 Å². The highest BCUT2D eigenvalue weighted by molar-refractivity contribution is 5.97. The number of carbonyl (C=O) groups excluding carboxylic acids is 1. The van der Waals surface area contributed by atoms with Crippen LogP contribution in [0.4, 0.5) is 5.69 Å². The zero-order valence-corrected chi connectivity index (χ0v) is 9.94. The van der Waals surface area contributed by atoms with E-state index in [0.29, 0.717) is 0 Å². The highest BCUT2D eigenvalue weighted by Gasteiger charge is 2.22. The summed E-state index contributed by atoms with van der Waals surface area (Å²) < 4.78 is 0. The quantitative estimate of drug-likeness (QED) is 0.769. The largest absolute Gasteiger partial charge is 0.508 e. The maximum Gasteiger partial charge on any atom is 0.163 e. The number of hydrogen-bond acceptors (Lipinski definition) is 3. The molecule has 0 spiro atoms. The molecule has 0 amide bonds. The van der Waals surface area contributed by atoms with E-state index >= 15 is 0 Å². The first-order valence-corrected chi connectivity index (χ1v) is 5.95. The van der Waals surface area contributed by atoms with Gasteiger partial charge in [0.05, 0.1) is 0 Å².